The van der Waals surface area contributed by atoms with Crippen LogP contribution in [0, 0.1) is 0 Å². The number of nitrogens with one attached hydrogen (secondary N) is 2. The highest BCUT2D eigenvalue weighted by atomic mass is 32.2. The summed E-state index contributed by atoms with van der Waals surface area (Å²) < 4.78 is 28.0. The monoisotopic (exact) mass is 483 g/mol. The molecule has 2 amide bonds. The zero-order valence-electron chi connectivity index (χ0n) is 17.9. The molecular weight excluding hydrogens is 458 g/mol. The van der Waals surface area contributed by atoms with Gasteiger partial charge >= 0.3 is 0 Å². The van der Waals surface area contributed by atoms with Crippen LogP contribution in [0.2, 0.25) is 0 Å². The van der Waals surface area contributed by atoms with Crippen molar-refractivity contribution in [3.63, 3.8) is 0 Å². The Morgan fingerprint density at radius 3 is 2.42 bits per heavy atom. The highest BCUT2D eigenvalue weighted by Gasteiger charge is 2.26. The van der Waals surface area contributed by atoms with Crippen LogP contribution in [0.5, 0.6) is 0 Å². The highest BCUT2D eigenvalue weighted by molar-refractivity contribution is 7.89. The van der Waals surface area contributed by atoms with Crippen LogP contribution >= 0.6 is 11.3 Å². The summed E-state index contributed by atoms with van der Waals surface area (Å²) in [5.41, 5.74) is 1.83. The van der Waals surface area contributed by atoms with Gasteiger partial charge in [0.15, 0.2) is 0 Å². The molecule has 7 nitrogen and oxygen atoms in total. The number of amides is 2. The zero-order valence-corrected chi connectivity index (χ0v) is 19.6. The Labute approximate surface area is 197 Å². The van der Waals surface area contributed by atoms with E-state index >= 15 is 0 Å². The third-order valence-corrected chi connectivity index (χ3v) is 7.68. The summed E-state index contributed by atoms with van der Waals surface area (Å²) in [7, 11) is -3.76. The Morgan fingerprint density at radius 2 is 1.73 bits per heavy atom. The van der Waals surface area contributed by atoms with Crippen molar-refractivity contribution in [3.05, 3.63) is 88.1 Å². The molecule has 0 unspecified atom stereocenters. The first kappa shape index (κ1) is 23.2. The zero-order chi connectivity index (χ0) is 23.3. The van der Waals surface area contributed by atoms with Crippen LogP contribution in [0.3, 0.4) is 0 Å². The van der Waals surface area contributed by atoms with Gasteiger partial charge in [-0.2, -0.15) is 11.3 Å². The molecule has 1 aromatic heterocycles. The minimum atomic E-state index is -3.76. The lowest BCUT2D eigenvalue weighted by molar-refractivity contribution is 0.0698. The van der Waals surface area contributed by atoms with E-state index in [1.165, 1.54) is 23.5 Å². The Balaban J connectivity index is 1.35. The smallest absolute Gasteiger partial charge is 0.253 e. The second-order valence-corrected chi connectivity index (χ2v) is 10.4. The topological polar surface area (TPSA) is 95.6 Å². The van der Waals surface area contributed by atoms with Gasteiger partial charge in [-0.05, 0) is 48.1 Å². The first-order valence-electron chi connectivity index (χ1n) is 10.7. The van der Waals surface area contributed by atoms with E-state index in [9.17, 15) is 18.0 Å². The van der Waals surface area contributed by atoms with Crippen LogP contribution in [0.4, 0.5) is 0 Å². The van der Waals surface area contributed by atoms with E-state index in [-0.39, 0.29) is 29.3 Å². The van der Waals surface area contributed by atoms with E-state index in [0.29, 0.717) is 37.1 Å². The molecule has 0 radical (unpaired) electrons. The van der Waals surface area contributed by atoms with Crippen LogP contribution in [-0.4, -0.2) is 44.3 Å². The van der Waals surface area contributed by atoms with E-state index in [1.807, 2.05) is 41.1 Å². The van der Waals surface area contributed by atoms with Crippen molar-refractivity contribution in [1.29, 1.82) is 0 Å². The average molecular weight is 484 g/mol. The van der Waals surface area contributed by atoms with Gasteiger partial charge in [0.05, 0.1) is 4.90 Å². The van der Waals surface area contributed by atoms with Gasteiger partial charge in [-0.1, -0.05) is 36.4 Å². The molecule has 2 N–H and O–H groups in total. The lowest BCUT2D eigenvalue weighted by Crippen LogP contribution is -2.46. The Kier molecular flexibility index (Phi) is 7.22. The number of benzene rings is 2. The van der Waals surface area contributed by atoms with E-state index in [0.717, 1.165) is 5.56 Å². The summed E-state index contributed by atoms with van der Waals surface area (Å²) in [6.45, 7) is 1.17. The van der Waals surface area contributed by atoms with Crippen molar-refractivity contribution in [2.45, 2.75) is 30.3 Å². The first-order valence-corrected chi connectivity index (χ1v) is 13.1. The quantitative estimate of drug-likeness (QED) is 0.539. The van der Waals surface area contributed by atoms with Gasteiger partial charge in [-0.3, -0.25) is 9.59 Å². The number of hydrogen-bond acceptors (Lipinski definition) is 5. The van der Waals surface area contributed by atoms with Crippen LogP contribution in [0.25, 0.3) is 0 Å². The standard InChI is InChI=1S/C24H25N3O4S2/c28-23(20-11-14-32-17-20)26-21-9-12-27(13-10-21)24(29)19-7-4-8-22(15-19)33(30,31)25-16-18-5-2-1-3-6-18/h1-8,11,14-15,17,21,25H,9-10,12-13,16H2,(H,26,28). The SMILES string of the molecule is O=C(NC1CCN(C(=O)c2cccc(S(=O)(=O)NCc3ccccc3)c2)CC1)c1ccsc1. The number of rotatable bonds is 7. The second-order valence-electron chi connectivity index (χ2n) is 7.89. The van der Waals surface area contributed by atoms with Crippen molar-refractivity contribution in [2.24, 2.45) is 0 Å². The normalized spacial score (nSPS) is 14.7. The first-order chi connectivity index (χ1) is 15.9. The molecule has 0 saturated carbocycles. The molecule has 0 spiro atoms. The Bertz CT molecular complexity index is 1200. The molecule has 1 saturated heterocycles. The molecule has 1 aliphatic heterocycles. The minimum Gasteiger partial charge on any atom is -0.349 e. The number of carbonyl (C=O) groups excluding carboxylic acids is 2. The third-order valence-electron chi connectivity index (χ3n) is 5.60. The molecule has 9 heteroatoms. The van der Waals surface area contributed by atoms with Gasteiger partial charge < -0.3 is 10.2 Å². The van der Waals surface area contributed by atoms with Gasteiger partial charge in [0.1, 0.15) is 0 Å². The number of piperidine rings is 1. The number of likely N-dealkylation sites (tertiary alicyclic amines) is 1. The fourth-order valence-electron chi connectivity index (χ4n) is 3.73. The van der Waals surface area contributed by atoms with E-state index in [2.05, 4.69) is 10.0 Å². The maximum absolute atomic E-state index is 13.0. The molecule has 3 aromatic rings. The van der Waals surface area contributed by atoms with E-state index in [1.54, 1.807) is 23.1 Å². The third kappa shape index (κ3) is 5.87. The average Bonchev–Trinajstić information content (AvgIpc) is 3.39. The molecule has 172 valence electrons. The van der Waals surface area contributed by atoms with Crippen molar-refractivity contribution in [2.75, 3.05) is 13.1 Å². The van der Waals surface area contributed by atoms with Gasteiger partial charge in [0.25, 0.3) is 11.8 Å². The van der Waals surface area contributed by atoms with Crippen molar-refractivity contribution in [3.8, 4) is 0 Å². The molecular formula is C24H25N3O4S2. The summed E-state index contributed by atoms with van der Waals surface area (Å²) in [5, 5.41) is 6.69. The fourth-order valence-corrected chi connectivity index (χ4v) is 5.42. The lowest BCUT2D eigenvalue weighted by Gasteiger charge is -2.32. The fraction of sp³-hybridized carbons (Fsp3) is 0.250. The van der Waals surface area contributed by atoms with Gasteiger partial charge in [-0.15, -0.1) is 0 Å². The largest absolute Gasteiger partial charge is 0.349 e. The molecule has 33 heavy (non-hydrogen) atoms. The number of thiophene rings is 1. The lowest BCUT2D eigenvalue weighted by atomic mass is 10.0. The van der Waals surface area contributed by atoms with Gasteiger partial charge in [0, 0.05) is 42.2 Å². The number of carbonyl (C=O) groups is 2. The molecule has 0 bridgehead atoms. The molecule has 2 heterocycles. The minimum absolute atomic E-state index is 0.00958. The number of nitrogens with zero attached hydrogens (tertiary/aromatic N) is 1. The van der Waals surface area contributed by atoms with Crippen molar-refractivity contribution in [1.82, 2.24) is 14.9 Å². The van der Waals surface area contributed by atoms with Crippen LogP contribution < -0.4 is 10.0 Å². The predicted molar refractivity (Wildman–Crippen MR) is 128 cm³/mol. The summed E-state index contributed by atoms with van der Waals surface area (Å²) in [6.07, 6.45) is 1.30. The Morgan fingerprint density at radius 1 is 0.970 bits per heavy atom. The number of sulfonamides is 1. The highest BCUT2D eigenvalue weighted by Crippen LogP contribution is 2.18. The molecule has 0 atom stereocenters. The van der Waals surface area contributed by atoms with Gasteiger partial charge in [0.2, 0.25) is 10.0 Å². The number of hydrogen-bond donors (Lipinski definition) is 2. The maximum atomic E-state index is 13.0. The van der Waals surface area contributed by atoms with Gasteiger partial charge in [-0.25, -0.2) is 13.1 Å². The molecule has 1 fully saturated rings. The molecule has 4 rings (SSSR count). The van der Waals surface area contributed by atoms with Crippen molar-refractivity contribution < 1.29 is 18.0 Å². The Hall–Kier alpha value is -3.01. The maximum Gasteiger partial charge on any atom is 0.253 e. The van der Waals surface area contributed by atoms with Crippen molar-refractivity contribution >= 4 is 33.2 Å². The second kappa shape index (κ2) is 10.3. The summed E-state index contributed by atoms with van der Waals surface area (Å²) in [6, 6.07) is 17.2. The van der Waals surface area contributed by atoms with Crippen LogP contribution in [-0.2, 0) is 16.6 Å². The van der Waals surface area contributed by atoms with E-state index < -0.39 is 10.0 Å². The summed E-state index contributed by atoms with van der Waals surface area (Å²) >= 11 is 1.48. The van der Waals surface area contributed by atoms with Crippen LogP contribution in [0.15, 0.2) is 76.3 Å². The summed E-state index contributed by atoms with van der Waals surface area (Å²) in [4.78, 5) is 27.0. The molecule has 2 aromatic carbocycles. The van der Waals surface area contributed by atoms with Crippen LogP contribution in [0.1, 0.15) is 39.1 Å². The predicted octanol–water partition coefficient (Wildman–Crippen LogP) is 3.26. The summed E-state index contributed by atoms with van der Waals surface area (Å²) in [5.74, 6) is -0.306. The van der Waals surface area contributed by atoms with E-state index in [4.69, 9.17) is 0 Å². The molecule has 1 aliphatic rings. The molecule has 0 aliphatic carbocycles.